The molecule has 1 aliphatic rings. The quantitative estimate of drug-likeness (QED) is 0.790. The summed E-state index contributed by atoms with van der Waals surface area (Å²) in [5.41, 5.74) is 0.662. The molecule has 0 bridgehead atoms. The summed E-state index contributed by atoms with van der Waals surface area (Å²) >= 11 is 0. The van der Waals surface area contributed by atoms with Gasteiger partial charge in [-0.2, -0.15) is 8.42 Å². The van der Waals surface area contributed by atoms with E-state index in [0.717, 1.165) is 18.4 Å². The molecule has 0 N–H and O–H groups in total. The van der Waals surface area contributed by atoms with Crippen LogP contribution in [0.15, 0.2) is 29.2 Å². The number of benzene rings is 1. The monoisotopic (exact) mass is 268 g/mol. The molecular formula is C14H20O3S. The average Bonchev–Trinajstić information content (AvgIpc) is 2.13. The van der Waals surface area contributed by atoms with Crippen molar-refractivity contribution in [2.24, 2.45) is 5.41 Å². The number of hydrogen-bond donors (Lipinski definition) is 0. The lowest BCUT2D eigenvalue weighted by atomic mass is 9.62. The Bertz CT molecular complexity index is 533. The number of hydrogen-bond acceptors (Lipinski definition) is 3. The van der Waals surface area contributed by atoms with Crippen LogP contribution in [0.3, 0.4) is 0 Å². The van der Waals surface area contributed by atoms with E-state index < -0.39 is 15.7 Å². The summed E-state index contributed by atoms with van der Waals surface area (Å²) in [5, 5.41) is 0. The predicted octanol–water partition coefficient (Wildman–Crippen LogP) is 3.28. The third kappa shape index (κ3) is 2.75. The SMILES string of the molecule is Cc1ccc(S(=O)(=O)OC2(C)CC(C)(C)C2)cc1. The van der Waals surface area contributed by atoms with E-state index in [4.69, 9.17) is 4.18 Å². The Morgan fingerprint density at radius 1 is 1.06 bits per heavy atom. The van der Waals surface area contributed by atoms with E-state index >= 15 is 0 Å². The smallest absolute Gasteiger partial charge is 0.260 e. The van der Waals surface area contributed by atoms with Crippen LogP contribution in [0.5, 0.6) is 0 Å². The summed E-state index contributed by atoms with van der Waals surface area (Å²) in [6, 6.07) is 6.75. The summed E-state index contributed by atoms with van der Waals surface area (Å²) in [7, 11) is -3.65. The van der Waals surface area contributed by atoms with Crippen LogP contribution in [0.25, 0.3) is 0 Å². The van der Waals surface area contributed by atoms with Crippen LogP contribution in [-0.4, -0.2) is 14.0 Å². The molecule has 0 heterocycles. The summed E-state index contributed by atoms with van der Waals surface area (Å²) < 4.78 is 29.7. The van der Waals surface area contributed by atoms with Crippen LogP contribution in [-0.2, 0) is 14.3 Å². The van der Waals surface area contributed by atoms with Gasteiger partial charge in [0, 0.05) is 0 Å². The fourth-order valence-corrected chi connectivity index (χ4v) is 4.26. The molecule has 1 saturated carbocycles. The third-order valence-corrected chi connectivity index (χ3v) is 4.80. The standard InChI is InChI=1S/C14H20O3S/c1-11-5-7-12(8-6-11)18(15,16)17-14(4)9-13(2,3)10-14/h5-8H,9-10H2,1-4H3. The van der Waals surface area contributed by atoms with Gasteiger partial charge < -0.3 is 0 Å². The fraction of sp³-hybridized carbons (Fsp3) is 0.571. The summed E-state index contributed by atoms with van der Waals surface area (Å²) in [6.45, 7) is 8.03. The van der Waals surface area contributed by atoms with E-state index in [1.165, 1.54) is 0 Å². The summed E-state index contributed by atoms with van der Waals surface area (Å²) in [5.74, 6) is 0. The second kappa shape index (κ2) is 4.07. The Morgan fingerprint density at radius 2 is 1.56 bits per heavy atom. The maximum absolute atomic E-state index is 12.1. The van der Waals surface area contributed by atoms with E-state index in [1.807, 2.05) is 13.8 Å². The molecule has 0 atom stereocenters. The van der Waals surface area contributed by atoms with Gasteiger partial charge in [-0.05, 0) is 44.2 Å². The Morgan fingerprint density at radius 3 is 2.00 bits per heavy atom. The van der Waals surface area contributed by atoms with Gasteiger partial charge in [0.1, 0.15) is 0 Å². The highest BCUT2D eigenvalue weighted by Gasteiger charge is 2.49. The Hall–Kier alpha value is -0.870. The third-order valence-electron chi connectivity index (χ3n) is 3.33. The minimum absolute atomic E-state index is 0.178. The second-order valence-electron chi connectivity index (χ2n) is 6.32. The van der Waals surface area contributed by atoms with Crippen molar-refractivity contribution in [1.82, 2.24) is 0 Å². The Balaban J connectivity index is 2.16. The molecule has 4 heteroatoms. The van der Waals surface area contributed by atoms with Crippen LogP contribution in [0.1, 0.15) is 39.2 Å². The maximum Gasteiger partial charge on any atom is 0.297 e. The first-order valence-corrected chi connectivity index (χ1v) is 7.55. The van der Waals surface area contributed by atoms with E-state index in [0.29, 0.717) is 0 Å². The zero-order valence-electron chi connectivity index (χ0n) is 11.4. The van der Waals surface area contributed by atoms with Crippen molar-refractivity contribution in [3.63, 3.8) is 0 Å². The highest BCUT2D eigenvalue weighted by molar-refractivity contribution is 7.86. The van der Waals surface area contributed by atoms with Gasteiger partial charge in [-0.3, -0.25) is 4.18 Å². The fourth-order valence-electron chi connectivity index (χ4n) is 3.05. The van der Waals surface area contributed by atoms with Crippen LogP contribution >= 0.6 is 0 Å². The lowest BCUT2D eigenvalue weighted by Gasteiger charge is -2.49. The highest BCUT2D eigenvalue weighted by atomic mass is 32.2. The molecule has 18 heavy (non-hydrogen) atoms. The number of aryl methyl sites for hydroxylation is 1. The lowest BCUT2D eigenvalue weighted by Crippen LogP contribution is -2.49. The van der Waals surface area contributed by atoms with E-state index in [1.54, 1.807) is 24.3 Å². The first kappa shape index (κ1) is 13.6. The van der Waals surface area contributed by atoms with Crippen molar-refractivity contribution in [1.29, 1.82) is 0 Å². The highest BCUT2D eigenvalue weighted by Crippen LogP contribution is 2.50. The van der Waals surface area contributed by atoms with Gasteiger partial charge in [0.2, 0.25) is 0 Å². The van der Waals surface area contributed by atoms with Crippen LogP contribution in [0, 0.1) is 12.3 Å². The first-order valence-electron chi connectivity index (χ1n) is 6.14. The largest absolute Gasteiger partial charge is 0.297 e. The van der Waals surface area contributed by atoms with Gasteiger partial charge in [0.15, 0.2) is 0 Å². The van der Waals surface area contributed by atoms with Crippen LogP contribution in [0.4, 0.5) is 0 Å². The molecule has 1 aromatic carbocycles. The average molecular weight is 268 g/mol. The van der Waals surface area contributed by atoms with E-state index in [-0.39, 0.29) is 10.3 Å². The summed E-state index contributed by atoms with van der Waals surface area (Å²) in [4.78, 5) is 0.235. The molecule has 100 valence electrons. The Kier molecular flexibility index (Phi) is 3.06. The van der Waals surface area contributed by atoms with Crippen molar-refractivity contribution in [2.75, 3.05) is 0 Å². The second-order valence-corrected chi connectivity index (χ2v) is 7.86. The minimum atomic E-state index is -3.65. The van der Waals surface area contributed by atoms with Gasteiger partial charge >= 0.3 is 0 Å². The molecule has 0 unspecified atom stereocenters. The van der Waals surface area contributed by atoms with Crippen molar-refractivity contribution in [3.8, 4) is 0 Å². The topological polar surface area (TPSA) is 43.4 Å². The van der Waals surface area contributed by atoms with Crippen LogP contribution < -0.4 is 0 Å². The maximum atomic E-state index is 12.1. The van der Waals surface area contributed by atoms with E-state index in [2.05, 4.69) is 13.8 Å². The molecule has 0 spiro atoms. The molecule has 0 aliphatic heterocycles. The van der Waals surface area contributed by atoms with Gasteiger partial charge in [-0.1, -0.05) is 31.5 Å². The van der Waals surface area contributed by atoms with Crippen molar-refractivity contribution in [2.45, 2.75) is 51.0 Å². The molecule has 0 saturated heterocycles. The Labute approximate surface area is 109 Å². The van der Waals surface area contributed by atoms with Crippen molar-refractivity contribution < 1.29 is 12.6 Å². The molecule has 0 amide bonds. The normalized spacial score (nSPS) is 21.3. The molecule has 1 fully saturated rings. The number of rotatable bonds is 3. The molecule has 0 radical (unpaired) electrons. The molecule has 3 nitrogen and oxygen atoms in total. The van der Waals surface area contributed by atoms with Gasteiger partial charge in [-0.15, -0.1) is 0 Å². The van der Waals surface area contributed by atoms with Gasteiger partial charge in [0.05, 0.1) is 10.5 Å². The molecule has 1 aromatic rings. The van der Waals surface area contributed by atoms with Gasteiger partial charge in [-0.25, -0.2) is 0 Å². The predicted molar refractivity (Wildman–Crippen MR) is 70.9 cm³/mol. The van der Waals surface area contributed by atoms with E-state index in [9.17, 15) is 8.42 Å². The van der Waals surface area contributed by atoms with Crippen molar-refractivity contribution in [3.05, 3.63) is 29.8 Å². The lowest BCUT2D eigenvalue weighted by molar-refractivity contribution is -0.0725. The van der Waals surface area contributed by atoms with Gasteiger partial charge in [0.25, 0.3) is 10.1 Å². The van der Waals surface area contributed by atoms with Crippen LogP contribution in [0.2, 0.25) is 0 Å². The molecule has 0 aromatic heterocycles. The van der Waals surface area contributed by atoms with Crippen molar-refractivity contribution >= 4 is 10.1 Å². The molecule has 2 rings (SSSR count). The zero-order valence-corrected chi connectivity index (χ0v) is 12.2. The summed E-state index contributed by atoms with van der Waals surface area (Å²) in [6.07, 6.45) is 1.54. The minimum Gasteiger partial charge on any atom is -0.260 e. The zero-order chi connectivity index (χ0) is 13.6. The molecule has 1 aliphatic carbocycles. The first-order chi connectivity index (χ1) is 8.12. The molecular weight excluding hydrogens is 248 g/mol.